The third-order valence-electron chi connectivity index (χ3n) is 2.12. The van der Waals surface area contributed by atoms with E-state index in [0.717, 1.165) is 12.1 Å². The number of nitrogen functional groups attached to an aromatic ring is 1. The van der Waals surface area contributed by atoms with E-state index in [9.17, 15) is 13.2 Å². The summed E-state index contributed by atoms with van der Waals surface area (Å²) in [6, 6.07) is 7.34. The number of para-hydroxylation sites is 1. The molecule has 2 rings (SSSR count). The molecule has 0 aliphatic rings. The number of nitrogens with two attached hydrogens (primary N) is 1. The summed E-state index contributed by atoms with van der Waals surface area (Å²) in [6.45, 7) is 0. The molecular formula is C12H8F3NO. The fourth-order valence-corrected chi connectivity index (χ4v) is 1.27. The molecule has 0 amide bonds. The third-order valence-corrected chi connectivity index (χ3v) is 2.12. The van der Waals surface area contributed by atoms with Crippen LogP contribution in [-0.4, -0.2) is 0 Å². The summed E-state index contributed by atoms with van der Waals surface area (Å²) in [5.41, 5.74) is 4.50. The predicted molar refractivity (Wildman–Crippen MR) is 57.2 cm³/mol. The van der Waals surface area contributed by atoms with Crippen molar-refractivity contribution in [3.8, 4) is 11.5 Å². The first-order chi connectivity index (χ1) is 8.08. The Hall–Kier alpha value is -2.17. The Morgan fingerprint density at radius 1 is 0.882 bits per heavy atom. The van der Waals surface area contributed by atoms with Crippen LogP contribution in [0.5, 0.6) is 11.5 Å². The van der Waals surface area contributed by atoms with Crippen molar-refractivity contribution >= 4 is 5.69 Å². The highest BCUT2D eigenvalue weighted by molar-refractivity contribution is 5.46. The topological polar surface area (TPSA) is 35.2 Å². The van der Waals surface area contributed by atoms with Gasteiger partial charge in [-0.05, 0) is 12.1 Å². The van der Waals surface area contributed by atoms with E-state index in [1.54, 1.807) is 6.07 Å². The maximum atomic E-state index is 13.2. The van der Waals surface area contributed by atoms with Crippen LogP contribution < -0.4 is 10.5 Å². The summed E-state index contributed by atoms with van der Waals surface area (Å²) in [6.07, 6.45) is 0. The smallest absolute Gasteiger partial charge is 0.165 e. The number of benzene rings is 2. The van der Waals surface area contributed by atoms with E-state index in [-0.39, 0.29) is 11.5 Å². The van der Waals surface area contributed by atoms with Crippen LogP contribution >= 0.6 is 0 Å². The van der Waals surface area contributed by atoms with E-state index in [1.807, 2.05) is 0 Å². The van der Waals surface area contributed by atoms with Crippen molar-refractivity contribution in [3.05, 3.63) is 53.8 Å². The standard InChI is InChI=1S/C12H8F3NO/c13-8-3-1-2-4-11(8)17-7-5-9(14)12(16)10(15)6-7/h1-6H,16H2. The van der Waals surface area contributed by atoms with Gasteiger partial charge < -0.3 is 10.5 Å². The van der Waals surface area contributed by atoms with Gasteiger partial charge in [-0.3, -0.25) is 0 Å². The van der Waals surface area contributed by atoms with E-state index in [4.69, 9.17) is 10.5 Å². The Morgan fingerprint density at radius 2 is 1.47 bits per heavy atom. The van der Waals surface area contributed by atoms with Gasteiger partial charge in [0.1, 0.15) is 11.4 Å². The van der Waals surface area contributed by atoms with Gasteiger partial charge in [0.25, 0.3) is 0 Å². The molecule has 88 valence electrons. The molecule has 0 fully saturated rings. The Labute approximate surface area is 95.4 Å². The van der Waals surface area contributed by atoms with Crippen LogP contribution in [0.1, 0.15) is 0 Å². The van der Waals surface area contributed by atoms with Crippen LogP contribution in [-0.2, 0) is 0 Å². The number of hydrogen-bond acceptors (Lipinski definition) is 2. The molecule has 0 radical (unpaired) electrons. The summed E-state index contributed by atoms with van der Waals surface area (Å²) in [5.74, 6) is -2.78. The van der Waals surface area contributed by atoms with Gasteiger partial charge in [-0.2, -0.15) is 0 Å². The lowest BCUT2D eigenvalue weighted by molar-refractivity contribution is 0.434. The minimum atomic E-state index is -0.948. The average Bonchev–Trinajstić information content (AvgIpc) is 2.29. The highest BCUT2D eigenvalue weighted by atomic mass is 19.1. The lowest BCUT2D eigenvalue weighted by Crippen LogP contribution is -1.97. The molecule has 0 aromatic heterocycles. The molecule has 0 spiro atoms. The Kier molecular flexibility index (Phi) is 2.91. The first kappa shape index (κ1) is 11.3. The molecule has 0 aliphatic heterocycles. The second-order valence-electron chi connectivity index (χ2n) is 3.33. The van der Waals surface area contributed by atoms with Gasteiger partial charge in [0.2, 0.25) is 0 Å². The predicted octanol–water partition coefficient (Wildman–Crippen LogP) is 3.48. The van der Waals surface area contributed by atoms with E-state index in [1.165, 1.54) is 18.2 Å². The zero-order valence-electron chi connectivity index (χ0n) is 8.58. The number of anilines is 1. The average molecular weight is 239 g/mol. The lowest BCUT2D eigenvalue weighted by Gasteiger charge is -2.08. The van der Waals surface area contributed by atoms with Gasteiger partial charge in [0.15, 0.2) is 23.2 Å². The molecule has 5 heteroatoms. The number of ether oxygens (including phenoxy) is 1. The highest BCUT2D eigenvalue weighted by Gasteiger charge is 2.10. The highest BCUT2D eigenvalue weighted by Crippen LogP contribution is 2.28. The number of hydrogen-bond donors (Lipinski definition) is 1. The molecule has 0 saturated carbocycles. The molecule has 2 aromatic rings. The summed E-state index contributed by atoms with van der Waals surface area (Å²) in [5, 5.41) is 0. The second kappa shape index (κ2) is 4.37. The summed E-state index contributed by atoms with van der Waals surface area (Å²) in [7, 11) is 0. The Balaban J connectivity index is 2.34. The molecular weight excluding hydrogens is 231 g/mol. The molecule has 0 heterocycles. The van der Waals surface area contributed by atoms with Gasteiger partial charge in [0.05, 0.1) is 0 Å². The monoisotopic (exact) mass is 239 g/mol. The van der Waals surface area contributed by atoms with Crippen molar-refractivity contribution in [2.24, 2.45) is 0 Å². The molecule has 0 aliphatic carbocycles. The largest absolute Gasteiger partial charge is 0.454 e. The van der Waals surface area contributed by atoms with Crippen molar-refractivity contribution in [1.29, 1.82) is 0 Å². The maximum absolute atomic E-state index is 13.2. The molecule has 2 N–H and O–H groups in total. The van der Waals surface area contributed by atoms with Crippen LogP contribution in [0.4, 0.5) is 18.9 Å². The van der Waals surface area contributed by atoms with Gasteiger partial charge in [-0.1, -0.05) is 12.1 Å². The van der Waals surface area contributed by atoms with E-state index >= 15 is 0 Å². The Morgan fingerprint density at radius 3 is 2.06 bits per heavy atom. The first-order valence-electron chi connectivity index (χ1n) is 4.75. The van der Waals surface area contributed by atoms with Crippen LogP contribution in [0.2, 0.25) is 0 Å². The molecule has 0 unspecified atom stereocenters. The molecule has 2 nitrogen and oxygen atoms in total. The van der Waals surface area contributed by atoms with Crippen LogP contribution in [0, 0.1) is 17.5 Å². The number of halogens is 3. The minimum Gasteiger partial charge on any atom is -0.454 e. The third kappa shape index (κ3) is 2.33. The van der Waals surface area contributed by atoms with Crippen molar-refractivity contribution in [3.63, 3.8) is 0 Å². The molecule has 17 heavy (non-hydrogen) atoms. The quantitative estimate of drug-likeness (QED) is 0.814. The summed E-state index contributed by atoms with van der Waals surface area (Å²) >= 11 is 0. The van der Waals surface area contributed by atoms with Gasteiger partial charge in [-0.25, -0.2) is 13.2 Å². The number of rotatable bonds is 2. The zero-order chi connectivity index (χ0) is 12.4. The lowest BCUT2D eigenvalue weighted by atomic mass is 10.2. The maximum Gasteiger partial charge on any atom is 0.165 e. The van der Waals surface area contributed by atoms with Gasteiger partial charge in [-0.15, -0.1) is 0 Å². The van der Waals surface area contributed by atoms with Crippen LogP contribution in [0.15, 0.2) is 36.4 Å². The first-order valence-corrected chi connectivity index (χ1v) is 4.75. The van der Waals surface area contributed by atoms with E-state index in [0.29, 0.717) is 0 Å². The normalized spacial score (nSPS) is 10.3. The molecule has 0 bridgehead atoms. The summed E-state index contributed by atoms with van der Waals surface area (Å²) < 4.78 is 44.4. The van der Waals surface area contributed by atoms with Crippen molar-refractivity contribution < 1.29 is 17.9 Å². The fourth-order valence-electron chi connectivity index (χ4n) is 1.27. The Bertz CT molecular complexity index is 534. The molecule has 0 saturated heterocycles. The van der Waals surface area contributed by atoms with Crippen molar-refractivity contribution in [2.75, 3.05) is 5.73 Å². The van der Waals surface area contributed by atoms with Crippen LogP contribution in [0.3, 0.4) is 0 Å². The molecule has 2 aromatic carbocycles. The van der Waals surface area contributed by atoms with E-state index < -0.39 is 23.1 Å². The fraction of sp³-hybridized carbons (Fsp3) is 0. The van der Waals surface area contributed by atoms with Crippen LogP contribution in [0.25, 0.3) is 0 Å². The van der Waals surface area contributed by atoms with Crippen molar-refractivity contribution in [2.45, 2.75) is 0 Å². The van der Waals surface area contributed by atoms with Crippen molar-refractivity contribution in [1.82, 2.24) is 0 Å². The summed E-state index contributed by atoms with van der Waals surface area (Å²) in [4.78, 5) is 0. The minimum absolute atomic E-state index is 0.115. The van der Waals surface area contributed by atoms with E-state index in [2.05, 4.69) is 0 Å². The molecule has 0 atom stereocenters. The van der Waals surface area contributed by atoms with Gasteiger partial charge >= 0.3 is 0 Å². The second-order valence-corrected chi connectivity index (χ2v) is 3.33. The van der Waals surface area contributed by atoms with Gasteiger partial charge in [0, 0.05) is 12.1 Å². The SMILES string of the molecule is Nc1c(F)cc(Oc2ccccc2F)cc1F. The zero-order valence-corrected chi connectivity index (χ0v) is 8.58.